The van der Waals surface area contributed by atoms with E-state index in [0.29, 0.717) is 18.2 Å². The Morgan fingerprint density at radius 3 is 2.13 bits per heavy atom. The fourth-order valence-electron chi connectivity index (χ4n) is 1.13. The Labute approximate surface area is 92.8 Å². The molecule has 90 valence electrons. The summed E-state index contributed by atoms with van der Waals surface area (Å²) >= 11 is 0.383. The number of thioether (sulfide) groups is 1. The van der Waals surface area contributed by atoms with Crippen molar-refractivity contribution in [2.45, 2.75) is 51.6 Å². The molecular weight excluding hydrogens is 225 g/mol. The second-order valence-electron chi connectivity index (χ2n) is 3.40. The maximum absolute atomic E-state index is 11.8. The highest BCUT2D eigenvalue weighted by atomic mass is 32.2. The van der Waals surface area contributed by atoms with E-state index in [1.54, 1.807) is 0 Å². The lowest BCUT2D eigenvalue weighted by atomic mass is 10.1. The highest BCUT2D eigenvalue weighted by Gasteiger charge is 2.38. The van der Waals surface area contributed by atoms with E-state index in [1.165, 1.54) is 6.42 Å². The number of hydrogen-bond donors (Lipinski definition) is 0. The monoisotopic (exact) mass is 242 g/mol. The molecule has 0 aliphatic rings. The Balaban J connectivity index is 3.28. The Morgan fingerprint density at radius 2 is 1.60 bits per heavy atom. The first-order valence-corrected chi connectivity index (χ1v) is 6.21. The lowest BCUT2D eigenvalue weighted by molar-refractivity contribution is -0.160. The van der Waals surface area contributed by atoms with Gasteiger partial charge in [-0.15, -0.1) is 0 Å². The van der Waals surface area contributed by atoms with Crippen molar-refractivity contribution in [1.82, 2.24) is 0 Å². The van der Waals surface area contributed by atoms with Crippen molar-refractivity contribution in [3.05, 3.63) is 0 Å². The molecule has 0 amide bonds. The summed E-state index contributed by atoms with van der Waals surface area (Å²) < 4.78 is 35.3. The minimum absolute atomic E-state index is 0.282. The molecule has 0 fully saturated rings. The van der Waals surface area contributed by atoms with Gasteiger partial charge in [-0.25, -0.2) is 0 Å². The van der Waals surface area contributed by atoms with Crippen LogP contribution in [0.5, 0.6) is 0 Å². The van der Waals surface area contributed by atoms with E-state index in [9.17, 15) is 18.0 Å². The fraction of sp³-hybridized carbons (Fsp3) is 0.900. The standard InChI is InChI=1S/C10H17F3OS/c1-2-3-4-5-6-7-8-15-9(14)10(11,12)13/h2-8H2,1H3. The van der Waals surface area contributed by atoms with Crippen LogP contribution in [0, 0.1) is 0 Å². The van der Waals surface area contributed by atoms with Crippen LogP contribution in [0.4, 0.5) is 13.2 Å². The first-order chi connectivity index (χ1) is 6.98. The molecule has 1 nitrogen and oxygen atoms in total. The molecule has 0 aliphatic heterocycles. The average molecular weight is 242 g/mol. The van der Waals surface area contributed by atoms with Gasteiger partial charge in [0.15, 0.2) is 0 Å². The number of carbonyl (C=O) groups excluding carboxylic acids is 1. The van der Waals surface area contributed by atoms with Gasteiger partial charge in [0.1, 0.15) is 0 Å². The summed E-state index contributed by atoms with van der Waals surface area (Å²) in [6.07, 6.45) is 1.44. The fourth-order valence-corrected chi connectivity index (χ4v) is 1.83. The summed E-state index contributed by atoms with van der Waals surface area (Å²) in [4.78, 5) is 10.4. The first kappa shape index (κ1) is 14.8. The number of rotatable bonds is 7. The molecule has 0 bridgehead atoms. The molecule has 5 heteroatoms. The predicted octanol–water partition coefficient (Wildman–Crippen LogP) is 4.17. The van der Waals surface area contributed by atoms with Gasteiger partial charge in [-0.3, -0.25) is 4.79 Å². The largest absolute Gasteiger partial charge is 0.460 e. The number of carbonyl (C=O) groups is 1. The molecule has 0 heterocycles. The molecule has 0 radical (unpaired) electrons. The summed E-state index contributed by atoms with van der Waals surface area (Å²) in [6.45, 7) is 2.11. The van der Waals surface area contributed by atoms with Gasteiger partial charge in [-0.1, -0.05) is 50.8 Å². The van der Waals surface area contributed by atoms with Crippen LogP contribution in [0.25, 0.3) is 0 Å². The molecule has 0 aromatic carbocycles. The van der Waals surface area contributed by atoms with Crippen molar-refractivity contribution < 1.29 is 18.0 Å². The van der Waals surface area contributed by atoms with Crippen molar-refractivity contribution in [2.75, 3.05) is 5.75 Å². The zero-order valence-corrected chi connectivity index (χ0v) is 9.72. The zero-order chi connectivity index (χ0) is 11.7. The number of halogens is 3. The molecule has 0 spiro atoms. The second-order valence-corrected chi connectivity index (χ2v) is 4.47. The van der Waals surface area contributed by atoms with Gasteiger partial charge in [0, 0.05) is 5.75 Å². The minimum Gasteiger partial charge on any atom is -0.277 e. The van der Waals surface area contributed by atoms with Crippen molar-refractivity contribution in [3.63, 3.8) is 0 Å². The highest BCUT2D eigenvalue weighted by Crippen LogP contribution is 2.24. The summed E-state index contributed by atoms with van der Waals surface area (Å²) in [5.41, 5.74) is 0. The van der Waals surface area contributed by atoms with Crippen molar-refractivity contribution in [3.8, 4) is 0 Å². The predicted molar refractivity (Wildman–Crippen MR) is 56.9 cm³/mol. The summed E-state index contributed by atoms with van der Waals surface area (Å²) in [5, 5.41) is -1.67. The topological polar surface area (TPSA) is 17.1 Å². The van der Waals surface area contributed by atoms with Gasteiger partial charge in [-0.05, 0) is 6.42 Å². The normalized spacial score (nSPS) is 11.7. The van der Waals surface area contributed by atoms with Crippen LogP contribution in [-0.4, -0.2) is 17.0 Å². The smallest absolute Gasteiger partial charge is 0.277 e. The number of unbranched alkanes of at least 4 members (excludes halogenated alkanes) is 5. The van der Waals surface area contributed by atoms with E-state index in [0.717, 1.165) is 25.7 Å². The third-order valence-corrected chi connectivity index (χ3v) is 2.95. The summed E-state index contributed by atoms with van der Waals surface area (Å²) in [6, 6.07) is 0. The zero-order valence-electron chi connectivity index (χ0n) is 8.90. The van der Waals surface area contributed by atoms with E-state index < -0.39 is 11.3 Å². The Bertz CT molecular complexity index is 180. The van der Waals surface area contributed by atoms with Crippen molar-refractivity contribution in [1.29, 1.82) is 0 Å². The van der Waals surface area contributed by atoms with Crippen LogP contribution in [0.3, 0.4) is 0 Å². The third-order valence-electron chi connectivity index (χ3n) is 1.96. The van der Waals surface area contributed by atoms with Gasteiger partial charge in [-0.2, -0.15) is 13.2 Å². The lowest BCUT2D eigenvalue weighted by Gasteiger charge is -2.04. The Kier molecular flexibility index (Phi) is 7.92. The van der Waals surface area contributed by atoms with Gasteiger partial charge >= 0.3 is 6.18 Å². The Hall–Kier alpha value is -0.190. The third kappa shape index (κ3) is 8.78. The van der Waals surface area contributed by atoms with Gasteiger partial charge in [0.2, 0.25) is 0 Å². The SMILES string of the molecule is CCCCCCCCSC(=O)C(F)(F)F. The van der Waals surface area contributed by atoms with Crippen LogP contribution in [0.1, 0.15) is 45.4 Å². The average Bonchev–Trinajstić information content (AvgIpc) is 2.14. The van der Waals surface area contributed by atoms with Crippen LogP contribution in [-0.2, 0) is 4.79 Å². The van der Waals surface area contributed by atoms with Crippen molar-refractivity contribution in [2.24, 2.45) is 0 Å². The van der Waals surface area contributed by atoms with Crippen molar-refractivity contribution >= 4 is 16.9 Å². The molecule has 0 unspecified atom stereocenters. The molecule has 0 aromatic rings. The maximum Gasteiger partial charge on any atom is 0.460 e. The minimum atomic E-state index is -4.67. The highest BCUT2D eigenvalue weighted by molar-refractivity contribution is 8.13. The van der Waals surface area contributed by atoms with E-state index in [4.69, 9.17) is 0 Å². The van der Waals surface area contributed by atoms with Gasteiger partial charge in [0.25, 0.3) is 5.12 Å². The molecule has 0 rings (SSSR count). The molecule has 0 saturated carbocycles. The first-order valence-electron chi connectivity index (χ1n) is 5.22. The van der Waals surface area contributed by atoms with Gasteiger partial charge < -0.3 is 0 Å². The molecule has 0 saturated heterocycles. The quantitative estimate of drug-likeness (QED) is 0.623. The van der Waals surface area contributed by atoms with E-state index in [-0.39, 0.29) is 5.75 Å². The van der Waals surface area contributed by atoms with Crippen LogP contribution in [0.2, 0.25) is 0 Å². The second kappa shape index (κ2) is 8.02. The van der Waals surface area contributed by atoms with Crippen LogP contribution in [0.15, 0.2) is 0 Å². The lowest BCUT2D eigenvalue weighted by Crippen LogP contribution is -2.19. The maximum atomic E-state index is 11.8. The molecular formula is C10H17F3OS. The molecule has 0 atom stereocenters. The molecule has 0 aliphatic carbocycles. The molecule has 0 N–H and O–H groups in total. The van der Waals surface area contributed by atoms with E-state index in [2.05, 4.69) is 6.92 Å². The van der Waals surface area contributed by atoms with Gasteiger partial charge in [0.05, 0.1) is 0 Å². The number of alkyl halides is 3. The molecule has 15 heavy (non-hydrogen) atoms. The van der Waals surface area contributed by atoms with Crippen LogP contribution >= 0.6 is 11.8 Å². The van der Waals surface area contributed by atoms with E-state index in [1.807, 2.05) is 0 Å². The van der Waals surface area contributed by atoms with Crippen LogP contribution < -0.4 is 0 Å². The molecule has 0 aromatic heterocycles. The Morgan fingerprint density at radius 1 is 1.07 bits per heavy atom. The summed E-state index contributed by atoms with van der Waals surface area (Å²) in [7, 11) is 0. The van der Waals surface area contributed by atoms with E-state index >= 15 is 0 Å². The number of hydrogen-bond acceptors (Lipinski definition) is 2. The summed E-state index contributed by atoms with van der Waals surface area (Å²) in [5.74, 6) is 0.282.